The Balaban J connectivity index is 1.84. The van der Waals surface area contributed by atoms with Crippen LogP contribution in [-0.4, -0.2) is 84.4 Å². The van der Waals surface area contributed by atoms with Crippen LogP contribution in [0.15, 0.2) is 18.3 Å². The molecule has 172 valence electrons. The molecular formula is C24H37N3O4. The summed E-state index contributed by atoms with van der Waals surface area (Å²) >= 11 is 0. The molecule has 0 radical (unpaired) electrons. The van der Waals surface area contributed by atoms with Gasteiger partial charge < -0.3 is 24.4 Å². The number of hydrogen-bond acceptors (Lipinski definition) is 6. The van der Waals surface area contributed by atoms with Crippen molar-refractivity contribution in [2.75, 3.05) is 46.5 Å². The average molecular weight is 432 g/mol. The van der Waals surface area contributed by atoms with E-state index in [4.69, 9.17) is 9.47 Å². The summed E-state index contributed by atoms with van der Waals surface area (Å²) in [4.78, 5) is 21.9. The standard InChI is InChI=1S/C24H37N3O4/c1-5-6-20-11-21-23(25-12-20)31-22(15-26(4)14-19-7-9-30-10-8-19)17(2)13-27(24(21)29)18(3)16-28/h5-6,11-12,17-19,22,28H,7-10,13-16H2,1-4H3/b6-5+/t17-,18+,22-/m1/s1. The first-order chi connectivity index (χ1) is 14.9. The van der Waals surface area contributed by atoms with Crippen molar-refractivity contribution in [2.24, 2.45) is 11.8 Å². The number of carbonyl (C=O) groups excluding carboxylic acids is 1. The van der Waals surface area contributed by atoms with Crippen LogP contribution in [0.3, 0.4) is 0 Å². The number of hydrogen-bond donors (Lipinski definition) is 1. The highest BCUT2D eigenvalue weighted by Gasteiger charge is 2.34. The van der Waals surface area contributed by atoms with E-state index in [2.05, 4.69) is 23.9 Å². The van der Waals surface area contributed by atoms with Crippen molar-refractivity contribution >= 4 is 12.0 Å². The first kappa shape index (κ1) is 23.7. The quantitative estimate of drug-likeness (QED) is 0.716. The Kier molecular flexibility index (Phi) is 8.46. The lowest BCUT2D eigenvalue weighted by Gasteiger charge is -2.38. The smallest absolute Gasteiger partial charge is 0.259 e. The van der Waals surface area contributed by atoms with E-state index in [-0.39, 0.29) is 30.6 Å². The molecule has 1 amide bonds. The van der Waals surface area contributed by atoms with Gasteiger partial charge in [0, 0.05) is 45.0 Å². The fourth-order valence-electron chi connectivity index (χ4n) is 4.37. The number of aliphatic hydroxyl groups excluding tert-OH is 1. The molecule has 1 fully saturated rings. The van der Waals surface area contributed by atoms with E-state index in [1.807, 2.05) is 32.1 Å². The Morgan fingerprint density at radius 1 is 1.35 bits per heavy atom. The maximum atomic E-state index is 13.3. The van der Waals surface area contributed by atoms with Crippen molar-refractivity contribution in [3.63, 3.8) is 0 Å². The molecule has 3 atom stereocenters. The minimum atomic E-state index is -0.271. The van der Waals surface area contributed by atoms with Gasteiger partial charge in [0.05, 0.1) is 12.6 Å². The molecule has 1 aromatic heterocycles. The number of aromatic nitrogens is 1. The summed E-state index contributed by atoms with van der Waals surface area (Å²) < 4.78 is 11.8. The third-order valence-electron chi connectivity index (χ3n) is 6.30. The normalized spacial score (nSPS) is 24.1. The van der Waals surface area contributed by atoms with Gasteiger partial charge in [0.15, 0.2) is 0 Å². The molecule has 0 aromatic carbocycles. The van der Waals surface area contributed by atoms with E-state index in [9.17, 15) is 9.90 Å². The first-order valence-corrected chi connectivity index (χ1v) is 11.4. The van der Waals surface area contributed by atoms with E-state index in [0.717, 1.165) is 44.7 Å². The van der Waals surface area contributed by atoms with Crippen LogP contribution in [0, 0.1) is 11.8 Å². The van der Waals surface area contributed by atoms with Gasteiger partial charge in [-0.15, -0.1) is 0 Å². The van der Waals surface area contributed by atoms with Crippen LogP contribution < -0.4 is 4.74 Å². The molecular weight excluding hydrogens is 394 g/mol. The zero-order chi connectivity index (χ0) is 22.4. The van der Waals surface area contributed by atoms with Crippen LogP contribution >= 0.6 is 0 Å². The van der Waals surface area contributed by atoms with E-state index >= 15 is 0 Å². The highest BCUT2D eigenvalue weighted by atomic mass is 16.5. The molecule has 1 N–H and O–H groups in total. The summed E-state index contributed by atoms with van der Waals surface area (Å²) in [7, 11) is 2.13. The molecule has 0 unspecified atom stereocenters. The van der Waals surface area contributed by atoms with Crippen LogP contribution in [0.4, 0.5) is 0 Å². The first-order valence-electron chi connectivity index (χ1n) is 11.4. The predicted octanol–water partition coefficient (Wildman–Crippen LogP) is 2.69. The van der Waals surface area contributed by atoms with Crippen molar-refractivity contribution in [3.05, 3.63) is 29.5 Å². The fraction of sp³-hybridized carbons (Fsp3) is 0.667. The monoisotopic (exact) mass is 431 g/mol. The molecule has 0 bridgehead atoms. The number of pyridine rings is 1. The van der Waals surface area contributed by atoms with Gasteiger partial charge in [-0.2, -0.15) is 0 Å². The number of fused-ring (bicyclic) bond motifs is 1. The number of likely N-dealkylation sites (N-methyl/N-ethyl adjacent to an activating group) is 1. The lowest BCUT2D eigenvalue weighted by Crippen LogP contribution is -2.50. The molecule has 3 rings (SSSR count). The second kappa shape index (κ2) is 11.1. The molecule has 0 aliphatic carbocycles. The molecule has 0 saturated carbocycles. The van der Waals surface area contributed by atoms with Crippen LogP contribution in [0.2, 0.25) is 0 Å². The van der Waals surface area contributed by atoms with Gasteiger partial charge >= 0.3 is 0 Å². The van der Waals surface area contributed by atoms with E-state index < -0.39 is 0 Å². The molecule has 2 aliphatic heterocycles. The Labute approximate surface area is 186 Å². The molecule has 7 heteroatoms. The number of carbonyl (C=O) groups is 1. The summed E-state index contributed by atoms with van der Waals surface area (Å²) in [6, 6.07) is 1.56. The van der Waals surface area contributed by atoms with Gasteiger partial charge in [0.2, 0.25) is 5.88 Å². The van der Waals surface area contributed by atoms with Gasteiger partial charge in [-0.25, -0.2) is 4.98 Å². The van der Waals surface area contributed by atoms with Crippen molar-refractivity contribution in [1.29, 1.82) is 0 Å². The summed E-state index contributed by atoms with van der Waals surface area (Å²) in [5.74, 6) is 0.977. The van der Waals surface area contributed by atoms with Gasteiger partial charge in [0.1, 0.15) is 11.7 Å². The summed E-state index contributed by atoms with van der Waals surface area (Å²) in [5, 5.41) is 9.76. The number of aliphatic hydroxyl groups is 1. The average Bonchev–Trinajstić information content (AvgIpc) is 2.77. The summed E-state index contributed by atoms with van der Waals surface area (Å²) in [6.45, 7) is 9.82. The molecule has 31 heavy (non-hydrogen) atoms. The molecule has 7 nitrogen and oxygen atoms in total. The zero-order valence-corrected chi connectivity index (χ0v) is 19.3. The van der Waals surface area contributed by atoms with Crippen LogP contribution in [0.5, 0.6) is 5.88 Å². The van der Waals surface area contributed by atoms with E-state index in [1.165, 1.54) is 0 Å². The lowest BCUT2D eigenvalue weighted by molar-refractivity contribution is 0.0254. The van der Waals surface area contributed by atoms with Gasteiger partial charge in [0.25, 0.3) is 5.91 Å². The largest absolute Gasteiger partial charge is 0.472 e. The topological polar surface area (TPSA) is 75.1 Å². The number of allylic oxidation sites excluding steroid dienone is 1. The van der Waals surface area contributed by atoms with E-state index in [1.54, 1.807) is 11.1 Å². The second-order valence-corrected chi connectivity index (χ2v) is 9.02. The third-order valence-corrected chi connectivity index (χ3v) is 6.30. The summed E-state index contributed by atoms with van der Waals surface area (Å²) in [6.07, 6.45) is 7.66. The van der Waals surface area contributed by atoms with Crippen molar-refractivity contribution in [1.82, 2.24) is 14.8 Å². The second-order valence-electron chi connectivity index (χ2n) is 9.02. The van der Waals surface area contributed by atoms with Crippen molar-refractivity contribution < 1.29 is 19.4 Å². The van der Waals surface area contributed by atoms with Crippen LogP contribution in [-0.2, 0) is 4.74 Å². The van der Waals surface area contributed by atoms with Crippen LogP contribution in [0.1, 0.15) is 49.5 Å². The zero-order valence-electron chi connectivity index (χ0n) is 19.3. The summed E-state index contributed by atoms with van der Waals surface area (Å²) in [5.41, 5.74) is 1.32. The predicted molar refractivity (Wildman–Crippen MR) is 121 cm³/mol. The Morgan fingerprint density at radius 2 is 2.10 bits per heavy atom. The van der Waals surface area contributed by atoms with Gasteiger partial charge in [-0.05, 0) is 51.3 Å². The molecule has 0 spiro atoms. The fourth-order valence-corrected chi connectivity index (χ4v) is 4.37. The van der Waals surface area contributed by atoms with Crippen molar-refractivity contribution in [3.8, 4) is 5.88 Å². The third kappa shape index (κ3) is 6.05. The SMILES string of the molecule is C/C=C/c1cnc2c(c1)C(=O)N([C@@H](C)CO)C[C@@H](C)[C@@H](CN(C)CC1CCOCC1)O2. The highest BCUT2D eigenvalue weighted by Crippen LogP contribution is 2.28. The van der Waals surface area contributed by atoms with Crippen molar-refractivity contribution in [2.45, 2.75) is 45.8 Å². The molecule has 3 heterocycles. The van der Waals surface area contributed by atoms with Crippen LogP contribution in [0.25, 0.3) is 6.08 Å². The number of amides is 1. The lowest BCUT2D eigenvalue weighted by atomic mass is 9.97. The number of ether oxygens (including phenoxy) is 2. The molecule has 2 aliphatic rings. The molecule has 1 aromatic rings. The highest BCUT2D eigenvalue weighted by molar-refractivity contribution is 5.97. The number of nitrogens with zero attached hydrogens (tertiary/aromatic N) is 3. The Bertz CT molecular complexity index is 763. The number of rotatable bonds is 7. The minimum Gasteiger partial charge on any atom is -0.472 e. The maximum absolute atomic E-state index is 13.3. The molecule has 1 saturated heterocycles. The maximum Gasteiger partial charge on any atom is 0.259 e. The minimum absolute atomic E-state index is 0.0784. The Morgan fingerprint density at radius 3 is 2.77 bits per heavy atom. The van der Waals surface area contributed by atoms with Gasteiger partial charge in [-0.1, -0.05) is 19.1 Å². The van der Waals surface area contributed by atoms with Gasteiger partial charge in [-0.3, -0.25) is 4.79 Å². The van der Waals surface area contributed by atoms with E-state index in [0.29, 0.717) is 23.9 Å². The Hall–Kier alpha value is -1.96.